The van der Waals surface area contributed by atoms with Crippen molar-refractivity contribution in [3.05, 3.63) is 65.2 Å². The average Bonchev–Trinajstić information content (AvgIpc) is 2.75. The fourth-order valence-electron chi connectivity index (χ4n) is 4.31. The number of rotatable bonds is 4. The summed E-state index contributed by atoms with van der Waals surface area (Å²) in [5.41, 5.74) is 4.58. The molecule has 5 heteroatoms. The van der Waals surface area contributed by atoms with E-state index in [4.69, 9.17) is 0 Å². The van der Waals surface area contributed by atoms with Gasteiger partial charge < -0.3 is 9.80 Å². The molecule has 0 bridgehead atoms. The summed E-state index contributed by atoms with van der Waals surface area (Å²) >= 11 is 0. The molecule has 0 aromatic heterocycles. The first-order valence-corrected chi connectivity index (χ1v) is 10.5. The molecule has 2 heterocycles. The number of para-hydroxylation sites is 1. The molecule has 2 aliphatic rings. The maximum atomic E-state index is 12.9. The monoisotopic (exact) mass is 391 g/mol. The van der Waals surface area contributed by atoms with Crippen LogP contribution >= 0.6 is 0 Å². The van der Waals surface area contributed by atoms with Crippen LogP contribution < -0.4 is 4.90 Å². The molecular weight excluding hydrogens is 362 g/mol. The van der Waals surface area contributed by atoms with Crippen LogP contribution in [-0.2, 0) is 22.4 Å². The Morgan fingerprint density at radius 2 is 1.59 bits per heavy atom. The van der Waals surface area contributed by atoms with E-state index in [0.29, 0.717) is 26.1 Å². The highest BCUT2D eigenvalue weighted by atomic mass is 16.2. The van der Waals surface area contributed by atoms with E-state index in [0.717, 1.165) is 49.3 Å². The molecule has 0 radical (unpaired) electrons. The van der Waals surface area contributed by atoms with E-state index in [2.05, 4.69) is 17.0 Å². The maximum absolute atomic E-state index is 12.9. The highest BCUT2D eigenvalue weighted by Gasteiger charge is 2.26. The van der Waals surface area contributed by atoms with Crippen molar-refractivity contribution in [3.8, 4) is 0 Å². The number of nitrogens with zero attached hydrogens (tertiary/aromatic N) is 3. The lowest BCUT2D eigenvalue weighted by Gasteiger charge is -2.36. The summed E-state index contributed by atoms with van der Waals surface area (Å²) in [5, 5.41) is 0. The number of anilines is 1. The molecule has 4 rings (SSSR count). The summed E-state index contributed by atoms with van der Waals surface area (Å²) in [4.78, 5) is 31.6. The van der Waals surface area contributed by atoms with Gasteiger partial charge in [0.05, 0.1) is 13.0 Å². The third-order valence-corrected chi connectivity index (χ3v) is 6.10. The number of hydrogen-bond donors (Lipinski definition) is 0. The lowest BCUT2D eigenvalue weighted by molar-refractivity contribution is -0.132. The van der Waals surface area contributed by atoms with Gasteiger partial charge in [-0.05, 0) is 42.5 Å². The molecule has 1 saturated heterocycles. The van der Waals surface area contributed by atoms with Crippen molar-refractivity contribution in [1.29, 1.82) is 0 Å². The highest BCUT2D eigenvalue weighted by Crippen LogP contribution is 2.26. The number of amides is 2. The van der Waals surface area contributed by atoms with Crippen molar-refractivity contribution in [2.75, 3.05) is 44.2 Å². The number of carbonyl (C=O) groups is 2. The van der Waals surface area contributed by atoms with Gasteiger partial charge in [-0.1, -0.05) is 42.5 Å². The van der Waals surface area contributed by atoms with Crippen molar-refractivity contribution >= 4 is 17.5 Å². The second kappa shape index (κ2) is 8.78. The van der Waals surface area contributed by atoms with E-state index in [9.17, 15) is 9.59 Å². The van der Waals surface area contributed by atoms with Gasteiger partial charge in [0, 0.05) is 38.4 Å². The molecule has 0 aliphatic carbocycles. The van der Waals surface area contributed by atoms with E-state index in [1.165, 1.54) is 5.56 Å². The van der Waals surface area contributed by atoms with Crippen LogP contribution in [0, 0.1) is 6.92 Å². The summed E-state index contributed by atoms with van der Waals surface area (Å²) < 4.78 is 0. The summed E-state index contributed by atoms with van der Waals surface area (Å²) in [6.07, 6.45) is 2.52. The Balaban J connectivity index is 1.30. The molecule has 0 atom stereocenters. The zero-order valence-corrected chi connectivity index (χ0v) is 17.1. The molecule has 152 valence electrons. The normalized spacial score (nSPS) is 17.1. The van der Waals surface area contributed by atoms with Crippen LogP contribution in [0.1, 0.15) is 23.1 Å². The maximum Gasteiger partial charge on any atom is 0.241 e. The molecule has 0 N–H and O–H groups in total. The van der Waals surface area contributed by atoms with Gasteiger partial charge in [-0.25, -0.2) is 0 Å². The van der Waals surface area contributed by atoms with Crippen molar-refractivity contribution in [2.45, 2.75) is 26.2 Å². The van der Waals surface area contributed by atoms with E-state index in [1.54, 1.807) is 0 Å². The van der Waals surface area contributed by atoms with Crippen molar-refractivity contribution in [1.82, 2.24) is 9.80 Å². The van der Waals surface area contributed by atoms with Gasteiger partial charge in [0.15, 0.2) is 0 Å². The smallest absolute Gasteiger partial charge is 0.241 e. The Morgan fingerprint density at radius 3 is 2.38 bits per heavy atom. The molecule has 0 saturated carbocycles. The van der Waals surface area contributed by atoms with Crippen LogP contribution in [0.15, 0.2) is 48.5 Å². The quantitative estimate of drug-likeness (QED) is 0.805. The van der Waals surface area contributed by atoms with Crippen LogP contribution in [0.2, 0.25) is 0 Å². The molecule has 2 aromatic carbocycles. The SMILES string of the molecule is Cc1ccccc1CC(=O)N1CCN(CC(=O)N2CCCc3ccccc32)CC1. The topological polar surface area (TPSA) is 43.9 Å². The van der Waals surface area contributed by atoms with Crippen LogP contribution in [-0.4, -0.2) is 60.9 Å². The minimum Gasteiger partial charge on any atom is -0.340 e. The Morgan fingerprint density at radius 1 is 0.862 bits per heavy atom. The summed E-state index contributed by atoms with van der Waals surface area (Å²) in [6.45, 7) is 6.15. The summed E-state index contributed by atoms with van der Waals surface area (Å²) in [7, 11) is 0. The Bertz CT molecular complexity index is 887. The number of carbonyl (C=O) groups excluding carboxylic acids is 2. The first-order valence-electron chi connectivity index (χ1n) is 10.5. The number of benzene rings is 2. The predicted molar refractivity (Wildman–Crippen MR) is 115 cm³/mol. The molecule has 2 aromatic rings. The molecule has 0 unspecified atom stereocenters. The molecule has 29 heavy (non-hydrogen) atoms. The average molecular weight is 392 g/mol. The van der Waals surface area contributed by atoms with Gasteiger partial charge in [-0.2, -0.15) is 0 Å². The summed E-state index contributed by atoms with van der Waals surface area (Å²) in [5.74, 6) is 0.340. The minimum absolute atomic E-state index is 0.164. The van der Waals surface area contributed by atoms with E-state index in [1.807, 2.05) is 53.1 Å². The number of fused-ring (bicyclic) bond motifs is 1. The minimum atomic E-state index is 0.164. The molecule has 2 aliphatic heterocycles. The number of aryl methyl sites for hydroxylation is 2. The third-order valence-electron chi connectivity index (χ3n) is 6.10. The van der Waals surface area contributed by atoms with Crippen molar-refractivity contribution in [2.24, 2.45) is 0 Å². The van der Waals surface area contributed by atoms with Crippen LogP contribution in [0.3, 0.4) is 0 Å². The molecule has 2 amide bonds. The molecule has 5 nitrogen and oxygen atoms in total. The Hall–Kier alpha value is -2.66. The lowest BCUT2D eigenvalue weighted by atomic mass is 10.0. The van der Waals surface area contributed by atoms with E-state index < -0.39 is 0 Å². The van der Waals surface area contributed by atoms with Gasteiger partial charge in [0.2, 0.25) is 11.8 Å². The second-order valence-electron chi connectivity index (χ2n) is 8.04. The second-order valence-corrected chi connectivity index (χ2v) is 8.04. The van der Waals surface area contributed by atoms with Crippen molar-refractivity contribution in [3.63, 3.8) is 0 Å². The van der Waals surface area contributed by atoms with Gasteiger partial charge in [0.25, 0.3) is 0 Å². The van der Waals surface area contributed by atoms with E-state index in [-0.39, 0.29) is 11.8 Å². The molecular formula is C24H29N3O2. The van der Waals surface area contributed by atoms with Gasteiger partial charge >= 0.3 is 0 Å². The van der Waals surface area contributed by atoms with Gasteiger partial charge in [-0.15, -0.1) is 0 Å². The van der Waals surface area contributed by atoms with Crippen LogP contribution in [0.4, 0.5) is 5.69 Å². The zero-order valence-electron chi connectivity index (χ0n) is 17.1. The predicted octanol–water partition coefficient (Wildman–Crippen LogP) is 2.66. The number of hydrogen-bond acceptors (Lipinski definition) is 3. The zero-order chi connectivity index (χ0) is 20.2. The Labute approximate surface area is 172 Å². The standard InChI is InChI=1S/C24H29N3O2/c1-19-7-2-3-9-21(19)17-23(28)26-15-13-25(14-16-26)18-24(29)27-12-6-10-20-8-4-5-11-22(20)27/h2-5,7-9,11H,6,10,12-18H2,1H3. The van der Waals surface area contributed by atoms with E-state index >= 15 is 0 Å². The van der Waals surface area contributed by atoms with Crippen molar-refractivity contribution < 1.29 is 9.59 Å². The first kappa shape index (κ1) is 19.6. The van der Waals surface area contributed by atoms with Crippen LogP contribution in [0.25, 0.3) is 0 Å². The Kier molecular flexibility index (Phi) is 5.95. The fraction of sp³-hybridized carbons (Fsp3) is 0.417. The molecule has 1 fully saturated rings. The first-order chi connectivity index (χ1) is 14.1. The largest absolute Gasteiger partial charge is 0.340 e. The van der Waals surface area contributed by atoms with Gasteiger partial charge in [-0.3, -0.25) is 14.5 Å². The lowest BCUT2D eigenvalue weighted by Crippen LogP contribution is -2.52. The fourth-order valence-corrected chi connectivity index (χ4v) is 4.31. The highest BCUT2D eigenvalue weighted by molar-refractivity contribution is 5.96. The third kappa shape index (κ3) is 4.51. The van der Waals surface area contributed by atoms with Gasteiger partial charge in [0.1, 0.15) is 0 Å². The summed E-state index contributed by atoms with van der Waals surface area (Å²) in [6, 6.07) is 16.3. The van der Waals surface area contributed by atoms with Crippen LogP contribution in [0.5, 0.6) is 0 Å². The molecule has 0 spiro atoms. The number of piperazine rings is 1.